The molecule has 0 heterocycles. The maximum Gasteiger partial charge on any atom is 0.350 e. The molecule has 1 rings (SSSR count). The molecule has 17 heavy (non-hydrogen) atoms. The highest BCUT2D eigenvalue weighted by Gasteiger charge is 2.84. The van der Waals surface area contributed by atoms with Crippen LogP contribution < -0.4 is 0 Å². The molecule has 0 aliphatic heterocycles. The van der Waals surface area contributed by atoms with Crippen LogP contribution in [0.4, 0.5) is 43.9 Å². The molecule has 0 fully saturated rings. The highest BCUT2D eigenvalue weighted by Crippen LogP contribution is 2.63. The van der Waals surface area contributed by atoms with Crippen LogP contribution in [-0.2, 0) is 0 Å². The van der Waals surface area contributed by atoms with Crippen LogP contribution >= 0.6 is 0 Å². The summed E-state index contributed by atoms with van der Waals surface area (Å²) in [6, 6.07) is 0. The smallest absolute Gasteiger partial charge is 0.221 e. The second-order valence-corrected chi connectivity index (χ2v) is 3.01. The van der Waals surface area contributed by atoms with E-state index >= 15 is 0 Å². The SMILES string of the molecule is FC(F)=C(F)C(F)(F)C1(F)C(F)=C(F)C1(F)F. The van der Waals surface area contributed by atoms with Gasteiger partial charge in [0.25, 0.3) is 0 Å². The Morgan fingerprint density at radius 2 is 1.29 bits per heavy atom. The van der Waals surface area contributed by atoms with Crippen molar-refractivity contribution in [3.05, 3.63) is 23.6 Å². The van der Waals surface area contributed by atoms with E-state index in [0.29, 0.717) is 0 Å². The molecule has 0 nitrogen and oxygen atoms in total. The van der Waals surface area contributed by atoms with Crippen molar-refractivity contribution in [3.63, 3.8) is 0 Å². The summed E-state index contributed by atoms with van der Waals surface area (Å²) in [5.74, 6) is -22.3. The van der Waals surface area contributed by atoms with Crippen molar-refractivity contribution < 1.29 is 43.9 Å². The Morgan fingerprint density at radius 3 is 1.59 bits per heavy atom. The van der Waals surface area contributed by atoms with Gasteiger partial charge in [-0.15, -0.1) is 0 Å². The first-order valence-electron chi connectivity index (χ1n) is 3.64. The van der Waals surface area contributed by atoms with E-state index < -0.39 is 41.1 Å². The van der Waals surface area contributed by atoms with E-state index in [1.54, 1.807) is 0 Å². The van der Waals surface area contributed by atoms with E-state index in [1.807, 2.05) is 0 Å². The molecule has 98 valence electrons. The Morgan fingerprint density at radius 1 is 0.882 bits per heavy atom. The molecule has 1 aliphatic rings. The Kier molecular flexibility index (Phi) is 2.76. The molecule has 10 heteroatoms. The summed E-state index contributed by atoms with van der Waals surface area (Å²) in [6.07, 6.45) is -3.82. The molecule has 0 saturated heterocycles. The summed E-state index contributed by atoms with van der Waals surface area (Å²) in [4.78, 5) is 0. The van der Waals surface area contributed by atoms with Crippen molar-refractivity contribution in [2.24, 2.45) is 0 Å². The van der Waals surface area contributed by atoms with Gasteiger partial charge in [0.15, 0.2) is 5.83 Å². The lowest BCUT2D eigenvalue weighted by atomic mass is 9.78. The molecule has 1 unspecified atom stereocenters. The molecular weight excluding hydrogens is 274 g/mol. The van der Waals surface area contributed by atoms with Crippen molar-refractivity contribution in [1.82, 2.24) is 0 Å². The fraction of sp³-hybridized carbons (Fsp3) is 0.429. The van der Waals surface area contributed by atoms with Crippen LogP contribution in [0.5, 0.6) is 0 Å². The molecule has 0 aromatic carbocycles. The van der Waals surface area contributed by atoms with E-state index in [1.165, 1.54) is 0 Å². The normalized spacial score (nSPS) is 27.9. The molecule has 1 aliphatic carbocycles. The first-order chi connectivity index (χ1) is 7.42. The van der Waals surface area contributed by atoms with E-state index in [0.717, 1.165) is 0 Å². The van der Waals surface area contributed by atoms with Crippen molar-refractivity contribution in [2.45, 2.75) is 17.5 Å². The lowest BCUT2D eigenvalue weighted by Crippen LogP contribution is -2.65. The minimum absolute atomic E-state index is 3.19. The largest absolute Gasteiger partial charge is 0.350 e. The van der Waals surface area contributed by atoms with Crippen LogP contribution in [0.15, 0.2) is 23.6 Å². The van der Waals surface area contributed by atoms with Gasteiger partial charge in [0.05, 0.1) is 0 Å². The number of allylic oxidation sites excluding steroid dienone is 3. The van der Waals surface area contributed by atoms with Crippen LogP contribution in [0.2, 0.25) is 0 Å². The van der Waals surface area contributed by atoms with Crippen LogP contribution in [0.25, 0.3) is 0 Å². The third-order valence-electron chi connectivity index (χ3n) is 2.08. The zero-order chi connectivity index (χ0) is 13.8. The summed E-state index contributed by atoms with van der Waals surface area (Å²) in [5.41, 5.74) is -5.79. The molecule has 0 saturated carbocycles. The van der Waals surface area contributed by atoms with Crippen molar-refractivity contribution in [2.75, 3.05) is 0 Å². The predicted molar refractivity (Wildman–Crippen MR) is 33.3 cm³/mol. The topological polar surface area (TPSA) is 0 Å². The maximum atomic E-state index is 12.9. The summed E-state index contributed by atoms with van der Waals surface area (Å²) in [7, 11) is 0. The molecular formula is C7F10. The highest BCUT2D eigenvalue weighted by molar-refractivity contribution is 5.45. The molecule has 0 N–H and O–H groups in total. The number of hydrogen-bond acceptors (Lipinski definition) is 0. The molecule has 0 aromatic heterocycles. The van der Waals surface area contributed by atoms with E-state index in [9.17, 15) is 43.9 Å². The first kappa shape index (κ1) is 13.8. The molecule has 0 amide bonds. The fourth-order valence-electron chi connectivity index (χ4n) is 1.12. The number of alkyl halides is 5. The predicted octanol–water partition coefficient (Wildman–Crippen LogP) is 4.21. The van der Waals surface area contributed by atoms with Crippen LogP contribution in [0.1, 0.15) is 0 Å². The second kappa shape index (κ2) is 3.39. The molecule has 0 aromatic rings. The van der Waals surface area contributed by atoms with Gasteiger partial charge in [-0.1, -0.05) is 0 Å². The van der Waals surface area contributed by atoms with Crippen molar-refractivity contribution in [1.29, 1.82) is 0 Å². The van der Waals surface area contributed by atoms with Crippen LogP contribution in [0.3, 0.4) is 0 Å². The Balaban J connectivity index is 3.42. The van der Waals surface area contributed by atoms with Crippen LogP contribution in [-0.4, -0.2) is 17.5 Å². The third kappa shape index (κ3) is 1.32. The molecule has 1 atom stereocenters. The van der Waals surface area contributed by atoms with Gasteiger partial charge in [0.1, 0.15) is 0 Å². The van der Waals surface area contributed by atoms with Gasteiger partial charge < -0.3 is 0 Å². The van der Waals surface area contributed by atoms with E-state index in [4.69, 9.17) is 0 Å². The standard InChI is InChI=1S/C7F10/c8-1-2(9)6(14,15)5(1,13)7(16,17)3(10)4(11)12. The summed E-state index contributed by atoms with van der Waals surface area (Å²) >= 11 is 0. The second-order valence-electron chi connectivity index (χ2n) is 3.01. The van der Waals surface area contributed by atoms with Crippen LogP contribution in [0, 0.1) is 0 Å². The van der Waals surface area contributed by atoms with Gasteiger partial charge >= 0.3 is 23.6 Å². The molecule has 0 spiro atoms. The van der Waals surface area contributed by atoms with Gasteiger partial charge in [-0.3, -0.25) is 0 Å². The van der Waals surface area contributed by atoms with Gasteiger partial charge in [-0.05, 0) is 0 Å². The zero-order valence-corrected chi connectivity index (χ0v) is 7.28. The van der Waals surface area contributed by atoms with E-state index in [2.05, 4.69) is 0 Å². The summed E-state index contributed by atoms with van der Waals surface area (Å²) < 4.78 is 122. The van der Waals surface area contributed by atoms with Crippen molar-refractivity contribution in [3.8, 4) is 0 Å². The summed E-state index contributed by atoms with van der Waals surface area (Å²) in [6.45, 7) is 0. The molecule has 0 bridgehead atoms. The van der Waals surface area contributed by atoms with Gasteiger partial charge in [-0.25, -0.2) is 13.2 Å². The van der Waals surface area contributed by atoms with Crippen molar-refractivity contribution >= 4 is 0 Å². The fourth-order valence-corrected chi connectivity index (χ4v) is 1.12. The lowest BCUT2D eigenvalue weighted by Gasteiger charge is -2.42. The lowest BCUT2D eigenvalue weighted by molar-refractivity contribution is -0.245. The highest BCUT2D eigenvalue weighted by atomic mass is 19.3. The Bertz CT molecular complexity index is 414. The average Bonchev–Trinajstić information content (AvgIpc) is 2.24. The maximum absolute atomic E-state index is 12.9. The monoisotopic (exact) mass is 274 g/mol. The Labute approximate surface area is 86.2 Å². The number of hydrogen-bond donors (Lipinski definition) is 0. The third-order valence-corrected chi connectivity index (χ3v) is 2.08. The quantitative estimate of drug-likeness (QED) is 0.662. The first-order valence-corrected chi connectivity index (χ1v) is 3.64. The average molecular weight is 274 g/mol. The van der Waals surface area contributed by atoms with Gasteiger partial charge in [-0.2, -0.15) is 30.7 Å². The zero-order valence-electron chi connectivity index (χ0n) is 7.28. The summed E-state index contributed by atoms with van der Waals surface area (Å²) in [5, 5.41) is 0. The minimum atomic E-state index is -6.23. The van der Waals surface area contributed by atoms with Gasteiger partial charge in [0, 0.05) is 0 Å². The van der Waals surface area contributed by atoms with Gasteiger partial charge in [0.2, 0.25) is 11.7 Å². The number of rotatable bonds is 2. The van der Waals surface area contributed by atoms with E-state index in [-0.39, 0.29) is 0 Å². The minimum Gasteiger partial charge on any atom is -0.221 e. The Hall–Kier alpha value is -1.22. The number of halogens is 10. The molecule has 0 radical (unpaired) electrons.